The number of rotatable bonds is 4. The van der Waals surface area contributed by atoms with E-state index in [-0.39, 0.29) is 29.4 Å². The molecule has 1 aliphatic carbocycles. The molecule has 98 valence electrons. The summed E-state index contributed by atoms with van der Waals surface area (Å²) in [6.07, 6.45) is 2.99. The van der Waals surface area contributed by atoms with Gasteiger partial charge in [0, 0.05) is 13.2 Å². The van der Waals surface area contributed by atoms with Crippen LogP contribution in [0.15, 0.2) is 18.2 Å². The van der Waals surface area contributed by atoms with Crippen molar-refractivity contribution >= 4 is 11.6 Å². The van der Waals surface area contributed by atoms with Crippen molar-refractivity contribution in [1.29, 1.82) is 0 Å². The Labute approximate surface area is 105 Å². The second-order valence-electron chi connectivity index (χ2n) is 4.63. The average molecular weight is 253 g/mol. The summed E-state index contributed by atoms with van der Waals surface area (Å²) in [5, 5.41) is 11.6. The van der Waals surface area contributed by atoms with Gasteiger partial charge in [-0.15, -0.1) is 0 Å². The number of amides is 1. The molecule has 0 aliphatic heterocycles. The van der Waals surface area contributed by atoms with Crippen LogP contribution in [-0.2, 0) is 9.53 Å². The maximum Gasteiger partial charge on any atom is 0.227 e. The average Bonchev–Trinajstić information content (AvgIpc) is 2.27. The lowest BCUT2D eigenvalue weighted by molar-refractivity contribution is -0.129. The van der Waals surface area contributed by atoms with E-state index in [0.717, 1.165) is 25.3 Å². The molecule has 0 bridgehead atoms. The zero-order chi connectivity index (χ0) is 13.2. The van der Waals surface area contributed by atoms with E-state index in [9.17, 15) is 9.18 Å². The highest BCUT2D eigenvalue weighted by molar-refractivity contribution is 5.91. The minimum Gasteiger partial charge on any atom is -0.508 e. The normalized spacial score (nSPS) is 17.0. The summed E-state index contributed by atoms with van der Waals surface area (Å²) in [6.45, 7) is 0. The van der Waals surface area contributed by atoms with E-state index < -0.39 is 5.82 Å². The second kappa shape index (κ2) is 4.94. The molecular weight excluding hydrogens is 237 g/mol. The third kappa shape index (κ3) is 2.61. The molecule has 5 heteroatoms. The highest BCUT2D eigenvalue weighted by atomic mass is 19.1. The number of anilines is 1. The van der Waals surface area contributed by atoms with Crippen molar-refractivity contribution in [2.24, 2.45) is 0 Å². The van der Waals surface area contributed by atoms with Gasteiger partial charge in [0.15, 0.2) is 0 Å². The van der Waals surface area contributed by atoms with Crippen LogP contribution in [0.25, 0.3) is 0 Å². The Kier molecular flexibility index (Phi) is 3.52. The molecule has 2 N–H and O–H groups in total. The molecule has 1 amide bonds. The fourth-order valence-electron chi connectivity index (χ4n) is 2.12. The zero-order valence-electron chi connectivity index (χ0n) is 10.2. The van der Waals surface area contributed by atoms with Gasteiger partial charge in [-0.2, -0.15) is 0 Å². The number of phenols is 1. The van der Waals surface area contributed by atoms with Crippen LogP contribution in [0.3, 0.4) is 0 Å². The van der Waals surface area contributed by atoms with Crippen molar-refractivity contribution in [3.8, 4) is 5.75 Å². The Hall–Kier alpha value is -1.62. The Morgan fingerprint density at radius 3 is 2.78 bits per heavy atom. The Morgan fingerprint density at radius 1 is 1.56 bits per heavy atom. The minimum absolute atomic E-state index is 0.0726. The van der Waals surface area contributed by atoms with E-state index in [4.69, 9.17) is 9.84 Å². The van der Waals surface area contributed by atoms with Gasteiger partial charge in [0.05, 0.1) is 17.7 Å². The van der Waals surface area contributed by atoms with E-state index in [2.05, 4.69) is 5.32 Å². The molecule has 0 spiro atoms. The van der Waals surface area contributed by atoms with Crippen LogP contribution in [0.4, 0.5) is 10.1 Å². The summed E-state index contributed by atoms with van der Waals surface area (Å²) in [4.78, 5) is 11.8. The number of phenolic OH excluding ortho intramolecular Hbond substituents is 1. The van der Waals surface area contributed by atoms with Crippen molar-refractivity contribution < 1.29 is 19.0 Å². The molecule has 1 aromatic rings. The monoisotopic (exact) mass is 253 g/mol. The van der Waals surface area contributed by atoms with E-state index in [1.165, 1.54) is 12.1 Å². The van der Waals surface area contributed by atoms with Crippen LogP contribution < -0.4 is 5.32 Å². The summed E-state index contributed by atoms with van der Waals surface area (Å²) >= 11 is 0. The lowest BCUT2D eigenvalue weighted by Crippen LogP contribution is -2.42. The third-order valence-electron chi connectivity index (χ3n) is 3.41. The standard InChI is InChI=1S/C13H16FNO3/c1-18-13(5-2-6-13)8-12(17)15-11-4-3-9(16)7-10(11)14/h3-4,7,16H,2,5-6,8H2,1H3,(H,15,17). The molecule has 0 radical (unpaired) electrons. The van der Waals surface area contributed by atoms with E-state index in [1.807, 2.05) is 0 Å². The van der Waals surface area contributed by atoms with Crippen molar-refractivity contribution in [3.05, 3.63) is 24.0 Å². The van der Waals surface area contributed by atoms with Crippen LogP contribution >= 0.6 is 0 Å². The number of aromatic hydroxyl groups is 1. The Bertz CT molecular complexity index is 452. The van der Waals surface area contributed by atoms with Gasteiger partial charge in [-0.1, -0.05) is 0 Å². The number of carbonyl (C=O) groups is 1. The SMILES string of the molecule is COC1(CC(=O)Nc2ccc(O)cc2F)CCC1. The topological polar surface area (TPSA) is 58.6 Å². The van der Waals surface area contributed by atoms with Gasteiger partial charge in [0.1, 0.15) is 11.6 Å². The van der Waals surface area contributed by atoms with E-state index in [0.29, 0.717) is 0 Å². The van der Waals surface area contributed by atoms with Gasteiger partial charge in [-0.05, 0) is 31.4 Å². The van der Waals surface area contributed by atoms with Crippen LogP contribution in [0.5, 0.6) is 5.75 Å². The molecule has 0 atom stereocenters. The number of hydrogen-bond donors (Lipinski definition) is 2. The first-order valence-corrected chi connectivity index (χ1v) is 5.88. The fourth-order valence-corrected chi connectivity index (χ4v) is 2.12. The molecule has 1 aliphatic rings. The number of benzene rings is 1. The minimum atomic E-state index is -0.650. The number of nitrogens with one attached hydrogen (secondary N) is 1. The summed E-state index contributed by atoms with van der Waals surface area (Å²) < 4.78 is 18.8. The molecular formula is C13H16FNO3. The van der Waals surface area contributed by atoms with Crippen LogP contribution in [0.1, 0.15) is 25.7 Å². The van der Waals surface area contributed by atoms with Crippen molar-refractivity contribution in [1.82, 2.24) is 0 Å². The van der Waals surface area contributed by atoms with Crippen molar-refractivity contribution in [2.75, 3.05) is 12.4 Å². The molecule has 4 nitrogen and oxygen atoms in total. The first-order chi connectivity index (χ1) is 8.54. The molecule has 0 aromatic heterocycles. The van der Waals surface area contributed by atoms with Gasteiger partial charge in [-0.25, -0.2) is 4.39 Å². The largest absolute Gasteiger partial charge is 0.508 e. The van der Waals surface area contributed by atoms with Crippen molar-refractivity contribution in [3.63, 3.8) is 0 Å². The molecule has 1 aromatic carbocycles. The first-order valence-electron chi connectivity index (χ1n) is 5.88. The summed E-state index contributed by atoms with van der Waals surface area (Å²) in [5.41, 5.74) is -0.305. The van der Waals surface area contributed by atoms with Crippen LogP contribution in [0.2, 0.25) is 0 Å². The number of ether oxygens (including phenoxy) is 1. The summed E-state index contributed by atoms with van der Waals surface area (Å²) in [6, 6.07) is 3.63. The van der Waals surface area contributed by atoms with E-state index in [1.54, 1.807) is 7.11 Å². The molecule has 2 rings (SSSR count). The Balaban J connectivity index is 1.98. The molecule has 0 heterocycles. The quantitative estimate of drug-likeness (QED) is 0.810. The summed E-state index contributed by atoms with van der Waals surface area (Å²) in [7, 11) is 1.59. The van der Waals surface area contributed by atoms with E-state index >= 15 is 0 Å². The smallest absolute Gasteiger partial charge is 0.227 e. The number of carbonyl (C=O) groups excluding carboxylic acids is 1. The van der Waals surface area contributed by atoms with Gasteiger partial charge < -0.3 is 15.2 Å². The summed E-state index contributed by atoms with van der Waals surface area (Å²) in [5.74, 6) is -1.09. The molecule has 1 fully saturated rings. The molecule has 18 heavy (non-hydrogen) atoms. The lowest BCUT2D eigenvalue weighted by atomic mass is 9.77. The lowest BCUT2D eigenvalue weighted by Gasteiger charge is -2.39. The molecule has 0 saturated heterocycles. The van der Waals surface area contributed by atoms with Crippen molar-refractivity contribution in [2.45, 2.75) is 31.3 Å². The van der Waals surface area contributed by atoms with Gasteiger partial charge in [-0.3, -0.25) is 4.79 Å². The van der Waals surface area contributed by atoms with Crippen LogP contribution in [0, 0.1) is 5.82 Å². The maximum absolute atomic E-state index is 13.4. The number of hydrogen-bond acceptors (Lipinski definition) is 3. The fraction of sp³-hybridized carbons (Fsp3) is 0.462. The highest BCUT2D eigenvalue weighted by Gasteiger charge is 2.39. The predicted octanol–water partition coefficient (Wildman–Crippen LogP) is 2.43. The molecule has 0 unspecified atom stereocenters. The third-order valence-corrected chi connectivity index (χ3v) is 3.41. The molecule has 1 saturated carbocycles. The number of methoxy groups -OCH3 is 1. The van der Waals surface area contributed by atoms with Gasteiger partial charge in [0.25, 0.3) is 0 Å². The van der Waals surface area contributed by atoms with Gasteiger partial charge >= 0.3 is 0 Å². The highest BCUT2D eigenvalue weighted by Crippen LogP contribution is 2.38. The zero-order valence-corrected chi connectivity index (χ0v) is 10.2. The Morgan fingerprint density at radius 2 is 2.28 bits per heavy atom. The first kappa shape index (κ1) is 12.8. The second-order valence-corrected chi connectivity index (χ2v) is 4.63. The predicted molar refractivity (Wildman–Crippen MR) is 64.9 cm³/mol. The number of halogens is 1. The van der Waals surface area contributed by atoms with Gasteiger partial charge in [0.2, 0.25) is 5.91 Å². The van der Waals surface area contributed by atoms with Crippen LogP contribution in [-0.4, -0.2) is 23.7 Å². The maximum atomic E-state index is 13.4.